The predicted octanol–water partition coefficient (Wildman–Crippen LogP) is 0.160. The molecule has 0 saturated heterocycles. The fraction of sp³-hybridized carbons (Fsp3) is 1.00. The van der Waals surface area contributed by atoms with E-state index in [2.05, 4.69) is 4.89 Å². The molecule has 9 heavy (non-hydrogen) atoms. The Morgan fingerprint density at radius 2 is 1.89 bits per heavy atom. The Morgan fingerprint density at radius 3 is 2.00 bits per heavy atom. The SMILES string of the molecule is CC(C)CC(O)(O)OO. The van der Waals surface area contributed by atoms with Gasteiger partial charge in [0.1, 0.15) is 0 Å². The first-order valence-corrected chi connectivity index (χ1v) is 2.75. The summed E-state index contributed by atoms with van der Waals surface area (Å²) in [7, 11) is 0. The Balaban J connectivity index is 3.58. The molecule has 0 aromatic rings. The Morgan fingerprint density at radius 1 is 1.44 bits per heavy atom. The van der Waals surface area contributed by atoms with Crippen LogP contribution in [-0.4, -0.2) is 21.4 Å². The van der Waals surface area contributed by atoms with Crippen molar-refractivity contribution in [2.24, 2.45) is 5.92 Å². The molecule has 0 bridgehead atoms. The van der Waals surface area contributed by atoms with Crippen molar-refractivity contribution < 1.29 is 20.4 Å². The third-order valence-electron chi connectivity index (χ3n) is 0.820. The van der Waals surface area contributed by atoms with E-state index in [1.807, 2.05) is 0 Å². The van der Waals surface area contributed by atoms with Crippen LogP contribution in [0.3, 0.4) is 0 Å². The van der Waals surface area contributed by atoms with Crippen LogP contribution in [-0.2, 0) is 4.89 Å². The van der Waals surface area contributed by atoms with Crippen molar-refractivity contribution >= 4 is 0 Å². The van der Waals surface area contributed by atoms with Gasteiger partial charge < -0.3 is 10.2 Å². The molecule has 0 amide bonds. The molecular formula is C5H12O4. The third kappa shape index (κ3) is 4.35. The van der Waals surface area contributed by atoms with Crippen molar-refractivity contribution in [3.05, 3.63) is 0 Å². The highest BCUT2D eigenvalue weighted by Crippen LogP contribution is 2.12. The quantitative estimate of drug-likeness (QED) is 0.293. The van der Waals surface area contributed by atoms with Crippen molar-refractivity contribution in [1.82, 2.24) is 0 Å². The number of aliphatic hydroxyl groups is 2. The molecule has 3 N–H and O–H groups in total. The van der Waals surface area contributed by atoms with Crippen molar-refractivity contribution in [2.75, 3.05) is 0 Å². The van der Waals surface area contributed by atoms with Crippen molar-refractivity contribution in [2.45, 2.75) is 26.2 Å². The van der Waals surface area contributed by atoms with E-state index in [4.69, 9.17) is 15.5 Å². The van der Waals surface area contributed by atoms with Gasteiger partial charge >= 0.3 is 5.97 Å². The lowest BCUT2D eigenvalue weighted by Gasteiger charge is -2.18. The fourth-order valence-electron chi connectivity index (χ4n) is 0.569. The minimum absolute atomic E-state index is 0.0104. The summed E-state index contributed by atoms with van der Waals surface area (Å²) in [6.45, 7) is 3.56. The van der Waals surface area contributed by atoms with Crippen LogP contribution >= 0.6 is 0 Å². The normalized spacial score (nSPS) is 12.7. The molecule has 4 nitrogen and oxygen atoms in total. The average molecular weight is 136 g/mol. The minimum atomic E-state index is -2.38. The summed E-state index contributed by atoms with van der Waals surface area (Å²) >= 11 is 0. The molecule has 0 saturated carbocycles. The van der Waals surface area contributed by atoms with Gasteiger partial charge in [-0.1, -0.05) is 13.8 Å². The second kappa shape index (κ2) is 3.12. The van der Waals surface area contributed by atoms with Gasteiger partial charge in [-0.15, -0.1) is 0 Å². The van der Waals surface area contributed by atoms with Gasteiger partial charge in [0.05, 0.1) is 0 Å². The first kappa shape index (κ1) is 8.84. The van der Waals surface area contributed by atoms with Gasteiger partial charge in [-0.2, -0.15) is 4.89 Å². The van der Waals surface area contributed by atoms with Crippen LogP contribution in [0.5, 0.6) is 0 Å². The lowest BCUT2D eigenvalue weighted by Crippen LogP contribution is -2.32. The summed E-state index contributed by atoms with van der Waals surface area (Å²) in [6, 6.07) is 0. The molecule has 0 spiro atoms. The lowest BCUT2D eigenvalue weighted by atomic mass is 10.1. The summed E-state index contributed by atoms with van der Waals surface area (Å²) in [5, 5.41) is 25.0. The summed E-state index contributed by atoms with van der Waals surface area (Å²) in [6.07, 6.45) is -0.0104. The zero-order valence-electron chi connectivity index (χ0n) is 5.53. The van der Waals surface area contributed by atoms with Crippen LogP contribution in [0.15, 0.2) is 0 Å². The lowest BCUT2D eigenvalue weighted by molar-refractivity contribution is -0.473. The number of hydrogen-bond donors (Lipinski definition) is 3. The Hall–Kier alpha value is -0.160. The Labute approximate surface area is 53.6 Å². The van der Waals surface area contributed by atoms with E-state index in [0.717, 1.165) is 0 Å². The Kier molecular flexibility index (Phi) is 3.07. The number of hydrogen-bond acceptors (Lipinski definition) is 4. The molecule has 0 radical (unpaired) electrons. The van der Waals surface area contributed by atoms with Gasteiger partial charge in [0.25, 0.3) is 0 Å². The fourth-order valence-corrected chi connectivity index (χ4v) is 0.569. The minimum Gasteiger partial charge on any atom is -0.342 e. The summed E-state index contributed by atoms with van der Waals surface area (Å²) in [4.78, 5) is 3.36. The summed E-state index contributed by atoms with van der Waals surface area (Å²) < 4.78 is 0. The summed E-state index contributed by atoms with van der Waals surface area (Å²) in [5.74, 6) is -2.32. The smallest absolute Gasteiger partial charge is 0.307 e. The van der Waals surface area contributed by atoms with Crippen molar-refractivity contribution in [1.29, 1.82) is 0 Å². The van der Waals surface area contributed by atoms with Crippen LogP contribution in [0.4, 0.5) is 0 Å². The molecule has 0 aliphatic carbocycles. The third-order valence-corrected chi connectivity index (χ3v) is 0.820. The van der Waals surface area contributed by atoms with Crippen LogP contribution < -0.4 is 0 Å². The molecule has 56 valence electrons. The van der Waals surface area contributed by atoms with E-state index in [0.29, 0.717) is 0 Å². The van der Waals surface area contributed by atoms with E-state index in [-0.39, 0.29) is 12.3 Å². The highest BCUT2D eigenvalue weighted by molar-refractivity contribution is 4.52. The standard InChI is InChI=1S/C5H12O4/c1-4(2)3-5(6,7)9-8/h4,6-8H,3H2,1-2H3. The maximum Gasteiger partial charge on any atom is 0.307 e. The van der Waals surface area contributed by atoms with Crippen molar-refractivity contribution in [3.8, 4) is 0 Å². The largest absolute Gasteiger partial charge is 0.342 e. The highest BCUT2D eigenvalue weighted by atomic mass is 17.2. The topological polar surface area (TPSA) is 69.9 Å². The van der Waals surface area contributed by atoms with Crippen molar-refractivity contribution in [3.63, 3.8) is 0 Å². The molecule has 0 atom stereocenters. The molecule has 4 heteroatoms. The van der Waals surface area contributed by atoms with E-state index in [1.165, 1.54) is 0 Å². The second-order valence-electron chi connectivity index (χ2n) is 2.43. The van der Waals surface area contributed by atoms with E-state index >= 15 is 0 Å². The molecule has 0 fully saturated rings. The first-order valence-electron chi connectivity index (χ1n) is 2.75. The molecule has 0 aromatic carbocycles. The van der Waals surface area contributed by atoms with E-state index in [1.54, 1.807) is 13.8 Å². The van der Waals surface area contributed by atoms with Crippen LogP contribution in [0.1, 0.15) is 20.3 Å². The molecule has 0 rings (SSSR count). The predicted molar refractivity (Wildman–Crippen MR) is 30.3 cm³/mol. The molecular weight excluding hydrogens is 124 g/mol. The molecule has 0 aliphatic rings. The van der Waals surface area contributed by atoms with E-state index < -0.39 is 5.97 Å². The maximum atomic E-state index is 8.58. The van der Waals surface area contributed by atoms with Crippen LogP contribution in [0, 0.1) is 5.92 Å². The average Bonchev–Trinajstić information content (AvgIpc) is 1.63. The van der Waals surface area contributed by atoms with Crippen LogP contribution in [0.2, 0.25) is 0 Å². The molecule has 0 aromatic heterocycles. The highest BCUT2D eigenvalue weighted by Gasteiger charge is 2.25. The zero-order valence-corrected chi connectivity index (χ0v) is 5.53. The number of rotatable bonds is 3. The molecule has 0 aliphatic heterocycles. The van der Waals surface area contributed by atoms with Gasteiger partial charge in [0.15, 0.2) is 0 Å². The van der Waals surface area contributed by atoms with Gasteiger partial charge in [-0.25, -0.2) is 5.26 Å². The molecule has 0 heterocycles. The van der Waals surface area contributed by atoms with Gasteiger partial charge in [-0.3, -0.25) is 0 Å². The molecule has 0 unspecified atom stereocenters. The first-order chi connectivity index (χ1) is 3.98. The van der Waals surface area contributed by atoms with Gasteiger partial charge in [-0.05, 0) is 5.92 Å². The maximum absolute atomic E-state index is 8.58. The van der Waals surface area contributed by atoms with E-state index in [9.17, 15) is 0 Å². The summed E-state index contributed by atoms with van der Waals surface area (Å²) in [5.41, 5.74) is 0. The Bertz CT molecular complexity index is 79.0. The zero-order chi connectivity index (χ0) is 7.49. The van der Waals surface area contributed by atoms with Gasteiger partial charge in [0, 0.05) is 6.42 Å². The monoisotopic (exact) mass is 136 g/mol. The van der Waals surface area contributed by atoms with Crippen LogP contribution in [0.25, 0.3) is 0 Å². The van der Waals surface area contributed by atoms with Gasteiger partial charge in [0.2, 0.25) is 0 Å². The second-order valence-corrected chi connectivity index (χ2v) is 2.43.